The molecule has 0 aliphatic carbocycles. The van der Waals surface area contributed by atoms with Crippen molar-refractivity contribution in [1.82, 2.24) is 19.9 Å². The molecule has 8 heteroatoms. The third-order valence-electron chi connectivity index (χ3n) is 5.13. The van der Waals surface area contributed by atoms with Gasteiger partial charge in [0, 0.05) is 48.9 Å². The van der Waals surface area contributed by atoms with Crippen LogP contribution in [-0.4, -0.2) is 27.0 Å². The van der Waals surface area contributed by atoms with E-state index < -0.39 is 0 Å². The maximum Gasteiger partial charge on any atom is 0.255 e. The molecule has 0 atom stereocenters. The molecular weight excluding hydrogens is 406 g/mol. The van der Waals surface area contributed by atoms with Crippen LogP contribution in [0.4, 0.5) is 5.82 Å². The van der Waals surface area contributed by atoms with Crippen LogP contribution in [0.15, 0.2) is 76.5 Å². The number of aryl methyl sites for hydroxylation is 1. The summed E-state index contributed by atoms with van der Waals surface area (Å²) in [7, 11) is 0. The Morgan fingerprint density at radius 2 is 2.00 bits per heavy atom. The Morgan fingerprint density at radius 1 is 1.19 bits per heavy atom. The number of nitrogens with one attached hydrogen (secondary N) is 1. The van der Waals surface area contributed by atoms with Gasteiger partial charge in [-0.2, -0.15) is 0 Å². The molecule has 4 heterocycles. The predicted octanol–water partition coefficient (Wildman–Crippen LogP) is 3.14. The van der Waals surface area contributed by atoms with Crippen LogP contribution in [0.1, 0.15) is 22.8 Å². The number of nitrogens with zero attached hydrogens (tertiary/aromatic N) is 3. The highest BCUT2D eigenvalue weighted by Crippen LogP contribution is 2.33. The Balaban J connectivity index is 1.69. The highest BCUT2D eigenvalue weighted by atomic mass is 16.3. The third-order valence-corrected chi connectivity index (χ3v) is 5.13. The van der Waals surface area contributed by atoms with E-state index in [-0.39, 0.29) is 22.8 Å². The van der Waals surface area contributed by atoms with Crippen LogP contribution < -0.4 is 16.6 Å². The number of aromatic nitrogens is 3. The average molecular weight is 429 g/mol. The van der Waals surface area contributed by atoms with Crippen LogP contribution in [0.2, 0.25) is 0 Å². The molecule has 0 bridgehead atoms. The number of carbonyl (C=O) groups is 1. The summed E-state index contributed by atoms with van der Waals surface area (Å²) in [5.41, 5.74) is 9.28. The molecule has 4 aromatic rings. The van der Waals surface area contributed by atoms with Crippen molar-refractivity contribution in [3.8, 4) is 22.6 Å². The van der Waals surface area contributed by atoms with E-state index in [4.69, 9.17) is 10.2 Å². The van der Waals surface area contributed by atoms with E-state index in [9.17, 15) is 9.59 Å². The van der Waals surface area contributed by atoms with Crippen molar-refractivity contribution < 1.29 is 9.21 Å². The molecule has 0 aliphatic heterocycles. The van der Waals surface area contributed by atoms with Gasteiger partial charge in [0.2, 0.25) is 0 Å². The smallest absolute Gasteiger partial charge is 0.255 e. The van der Waals surface area contributed by atoms with Crippen molar-refractivity contribution in [1.29, 1.82) is 0 Å². The second kappa shape index (κ2) is 9.30. The zero-order valence-corrected chi connectivity index (χ0v) is 17.6. The van der Waals surface area contributed by atoms with Crippen LogP contribution in [0.25, 0.3) is 22.6 Å². The highest BCUT2D eigenvalue weighted by Gasteiger charge is 2.19. The number of hydrogen-bond donors (Lipinski definition) is 2. The topological polar surface area (TPSA) is 116 Å². The van der Waals surface area contributed by atoms with Gasteiger partial charge in [-0.1, -0.05) is 0 Å². The maximum atomic E-state index is 12.9. The fourth-order valence-corrected chi connectivity index (χ4v) is 3.43. The molecule has 4 aromatic heterocycles. The number of furan rings is 1. The summed E-state index contributed by atoms with van der Waals surface area (Å²) in [6.45, 7) is 2.85. The minimum atomic E-state index is -0.319. The molecule has 0 unspecified atom stereocenters. The second-order valence-electron chi connectivity index (χ2n) is 7.20. The van der Waals surface area contributed by atoms with Gasteiger partial charge in [-0.3, -0.25) is 14.6 Å². The normalized spacial score (nSPS) is 10.8. The molecule has 4 rings (SSSR count). The summed E-state index contributed by atoms with van der Waals surface area (Å²) in [6, 6.07) is 12.2. The lowest BCUT2D eigenvalue weighted by Crippen LogP contribution is -2.27. The number of pyridine rings is 3. The summed E-state index contributed by atoms with van der Waals surface area (Å²) in [5, 5.41) is 2.89. The van der Waals surface area contributed by atoms with Gasteiger partial charge in [-0.05, 0) is 55.3 Å². The fraction of sp³-hybridized carbons (Fsp3) is 0.167. The van der Waals surface area contributed by atoms with E-state index >= 15 is 0 Å². The number of hydrogen-bond acceptors (Lipinski definition) is 6. The lowest BCUT2D eigenvalue weighted by Gasteiger charge is -2.14. The van der Waals surface area contributed by atoms with Gasteiger partial charge in [0.1, 0.15) is 11.5 Å². The van der Waals surface area contributed by atoms with Crippen molar-refractivity contribution in [2.24, 2.45) is 0 Å². The third kappa shape index (κ3) is 4.44. The molecule has 0 aliphatic rings. The minimum Gasteiger partial charge on any atom is -0.463 e. The monoisotopic (exact) mass is 429 g/mol. The predicted molar refractivity (Wildman–Crippen MR) is 122 cm³/mol. The average Bonchev–Trinajstić information content (AvgIpc) is 3.35. The minimum absolute atomic E-state index is 0.102. The Labute approximate surface area is 184 Å². The SMILES string of the molecule is CCn1cc(-c2cc(C(=O)NCCc3ccncc3)c(N)nc2-c2ccco2)ccc1=O. The van der Waals surface area contributed by atoms with Gasteiger partial charge < -0.3 is 20.0 Å². The number of nitrogen functional groups attached to an aromatic ring is 1. The van der Waals surface area contributed by atoms with Crippen LogP contribution in [0.3, 0.4) is 0 Å². The zero-order chi connectivity index (χ0) is 22.5. The molecule has 162 valence electrons. The largest absolute Gasteiger partial charge is 0.463 e. The van der Waals surface area contributed by atoms with Gasteiger partial charge in [0.25, 0.3) is 11.5 Å². The number of nitrogens with two attached hydrogens (primary N) is 1. The van der Waals surface area contributed by atoms with E-state index in [1.54, 1.807) is 53.7 Å². The Hall–Kier alpha value is -4.20. The Morgan fingerprint density at radius 3 is 2.72 bits per heavy atom. The summed E-state index contributed by atoms with van der Waals surface area (Å²) < 4.78 is 7.13. The molecule has 0 spiro atoms. The molecule has 32 heavy (non-hydrogen) atoms. The van der Waals surface area contributed by atoms with Crippen molar-refractivity contribution in [3.05, 3.63) is 88.8 Å². The Bertz CT molecular complexity index is 1280. The van der Waals surface area contributed by atoms with Gasteiger partial charge in [0.05, 0.1) is 11.8 Å². The number of carbonyl (C=O) groups excluding carboxylic acids is 1. The first-order valence-electron chi connectivity index (χ1n) is 10.3. The van der Waals surface area contributed by atoms with Crippen LogP contribution >= 0.6 is 0 Å². The van der Waals surface area contributed by atoms with Gasteiger partial charge in [0.15, 0.2) is 5.76 Å². The zero-order valence-electron chi connectivity index (χ0n) is 17.6. The maximum absolute atomic E-state index is 12.9. The standard InChI is InChI=1S/C24H23N5O3/c1-2-29-15-17(5-6-21(29)30)18-14-19(23(25)28-22(18)20-4-3-13-32-20)24(31)27-12-9-16-7-10-26-11-8-16/h3-8,10-11,13-15H,2,9,12H2,1H3,(H2,25,28)(H,27,31). The molecule has 0 saturated heterocycles. The Kier molecular flexibility index (Phi) is 6.12. The summed E-state index contributed by atoms with van der Waals surface area (Å²) in [4.78, 5) is 33.4. The second-order valence-corrected chi connectivity index (χ2v) is 7.20. The first-order chi connectivity index (χ1) is 15.6. The molecular formula is C24H23N5O3. The number of rotatable bonds is 7. The van der Waals surface area contributed by atoms with Crippen LogP contribution in [0.5, 0.6) is 0 Å². The first-order valence-corrected chi connectivity index (χ1v) is 10.3. The molecule has 0 saturated carbocycles. The summed E-state index contributed by atoms with van der Waals surface area (Å²) in [6.07, 6.45) is 7.39. The van der Waals surface area contributed by atoms with Gasteiger partial charge >= 0.3 is 0 Å². The summed E-state index contributed by atoms with van der Waals surface area (Å²) in [5.74, 6) is 0.302. The van der Waals surface area contributed by atoms with Crippen molar-refractivity contribution in [2.75, 3.05) is 12.3 Å². The number of anilines is 1. The van der Waals surface area contributed by atoms with Crippen molar-refractivity contribution in [2.45, 2.75) is 19.9 Å². The fourth-order valence-electron chi connectivity index (χ4n) is 3.43. The first kappa shape index (κ1) is 21.0. The van der Waals surface area contributed by atoms with E-state index in [0.717, 1.165) is 11.1 Å². The summed E-state index contributed by atoms with van der Waals surface area (Å²) >= 11 is 0. The van der Waals surface area contributed by atoms with Gasteiger partial charge in [-0.15, -0.1) is 0 Å². The van der Waals surface area contributed by atoms with Crippen molar-refractivity contribution in [3.63, 3.8) is 0 Å². The lowest BCUT2D eigenvalue weighted by atomic mass is 10.0. The van der Waals surface area contributed by atoms with Crippen molar-refractivity contribution >= 4 is 11.7 Å². The number of amides is 1. The molecule has 1 amide bonds. The molecule has 8 nitrogen and oxygen atoms in total. The van der Waals surface area contributed by atoms with E-state index in [1.165, 1.54) is 6.07 Å². The highest BCUT2D eigenvalue weighted by molar-refractivity contribution is 6.00. The van der Waals surface area contributed by atoms with E-state index in [2.05, 4.69) is 15.3 Å². The van der Waals surface area contributed by atoms with E-state index in [1.807, 2.05) is 19.1 Å². The van der Waals surface area contributed by atoms with Crippen LogP contribution in [0, 0.1) is 0 Å². The molecule has 0 aromatic carbocycles. The van der Waals surface area contributed by atoms with Crippen LogP contribution in [-0.2, 0) is 13.0 Å². The van der Waals surface area contributed by atoms with E-state index in [0.29, 0.717) is 36.5 Å². The van der Waals surface area contributed by atoms with Gasteiger partial charge in [-0.25, -0.2) is 4.98 Å². The molecule has 0 fully saturated rings. The molecule has 3 N–H and O–H groups in total. The lowest BCUT2D eigenvalue weighted by molar-refractivity contribution is 0.0955. The molecule has 0 radical (unpaired) electrons. The quantitative estimate of drug-likeness (QED) is 0.466.